The predicted molar refractivity (Wildman–Crippen MR) is 91.8 cm³/mol. The molecule has 1 atom stereocenters. The summed E-state index contributed by atoms with van der Waals surface area (Å²) in [5, 5.41) is 5.78. The summed E-state index contributed by atoms with van der Waals surface area (Å²) in [6, 6.07) is 3.91. The fraction of sp³-hybridized carbons (Fsp3) is 0.579. The van der Waals surface area contributed by atoms with Gasteiger partial charge in [-0.3, -0.25) is 9.48 Å². The van der Waals surface area contributed by atoms with Crippen LogP contribution in [0.2, 0.25) is 0 Å². The summed E-state index contributed by atoms with van der Waals surface area (Å²) in [5.41, 5.74) is 2.87. The van der Waals surface area contributed by atoms with Crippen molar-refractivity contribution >= 4 is 16.7 Å². The lowest BCUT2D eigenvalue weighted by atomic mass is 9.85. The molecule has 0 N–H and O–H groups in total. The van der Waals surface area contributed by atoms with E-state index < -0.39 is 0 Å². The van der Waals surface area contributed by atoms with Crippen LogP contribution in [0.5, 0.6) is 0 Å². The van der Waals surface area contributed by atoms with Gasteiger partial charge < -0.3 is 4.74 Å². The van der Waals surface area contributed by atoms with Crippen molar-refractivity contribution in [3.8, 4) is 0 Å². The summed E-state index contributed by atoms with van der Waals surface area (Å²) in [6.07, 6.45) is 7.49. The molecule has 4 nitrogen and oxygen atoms in total. The number of methoxy groups -OCH3 is 1. The minimum absolute atomic E-state index is 0.119. The molecule has 0 saturated heterocycles. The number of ether oxygens (including phenoxy) is 1. The zero-order valence-corrected chi connectivity index (χ0v) is 14.3. The van der Waals surface area contributed by atoms with Crippen molar-refractivity contribution in [1.29, 1.82) is 0 Å². The highest BCUT2D eigenvalue weighted by Crippen LogP contribution is 2.29. The van der Waals surface area contributed by atoms with Crippen molar-refractivity contribution in [2.75, 3.05) is 7.11 Å². The molecule has 23 heavy (non-hydrogen) atoms. The third-order valence-electron chi connectivity index (χ3n) is 5.16. The first-order valence-electron chi connectivity index (χ1n) is 8.61. The zero-order chi connectivity index (χ0) is 16.4. The number of hydrogen-bond acceptors (Lipinski definition) is 3. The molecule has 0 aliphatic heterocycles. The van der Waals surface area contributed by atoms with Crippen LogP contribution in [0.15, 0.2) is 18.3 Å². The standard InChI is InChI=1S/C19H26N2O2/c1-13(23-3)7-10-19(22)16-8-9-18-17(14(16)2)12-21(20-18)11-15-5-4-6-15/h8-9,12-13,15H,4-7,10-11H2,1-3H3. The zero-order valence-electron chi connectivity index (χ0n) is 14.3. The number of hydrogen-bond donors (Lipinski definition) is 0. The summed E-state index contributed by atoms with van der Waals surface area (Å²) in [6.45, 7) is 5.03. The topological polar surface area (TPSA) is 44.1 Å². The first kappa shape index (κ1) is 16.2. The molecule has 1 aliphatic carbocycles. The summed E-state index contributed by atoms with van der Waals surface area (Å²) >= 11 is 0. The molecule has 1 unspecified atom stereocenters. The van der Waals surface area contributed by atoms with Crippen LogP contribution in [0.1, 0.15) is 54.9 Å². The van der Waals surface area contributed by atoms with Crippen LogP contribution < -0.4 is 0 Å². The van der Waals surface area contributed by atoms with E-state index >= 15 is 0 Å². The molecule has 1 aromatic heterocycles. The van der Waals surface area contributed by atoms with Crippen molar-refractivity contribution in [2.24, 2.45) is 5.92 Å². The second kappa shape index (κ2) is 6.83. The molecule has 0 amide bonds. The third-order valence-corrected chi connectivity index (χ3v) is 5.16. The quantitative estimate of drug-likeness (QED) is 0.721. The average Bonchev–Trinajstić information content (AvgIpc) is 2.92. The summed E-state index contributed by atoms with van der Waals surface area (Å²) < 4.78 is 7.29. The number of ketones is 1. The van der Waals surface area contributed by atoms with E-state index in [4.69, 9.17) is 4.74 Å². The van der Waals surface area contributed by atoms with Crippen molar-refractivity contribution in [1.82, 2.24) is 9.78 Å². The van der Waals surface area contributed by atoms with E-state index in [1.54, 1.807) is 7.11 Å². The Morgan fingerprint density at radius 2 is 2.22 bits per heavy atom. The van der Waals surface area contributed by atoms with Gasteiger partial charge >= 0.3 is 0 Å². The van der Waals surface area contributed by atoms with E-state index in [2.05, 4.69) is 16.0 Å². The van der Waals surface area contributed by atoms with Crippen LogP contribution in [0.4, 0.5) is 0 Å². The first-order valence-corrected chi connectivity index (χ1v) is 8.61. The molecule has 1 fully saturated rings. The van der Waals surface area contributed by atoms with Gasteiger partial charge in [0.05, 0.1) is 11.6 Å². The smallest absolute Gasteiger partial charge is 0.163 e. The minimum Gasteiger partial charge on any atom is -0.382 e. The Hall–Kier alpha value is -1.68. The molecular weight excluding hydrogens is 288 g/mol. The molecule has 0 bridgehead atoms. The second-order valence-electron chi connectivity index (χ2n) is 6.83. The Balaban J connectivity index is 1.78. The van der Waals surface area contributed by atoms with Crippen molar-refractivity contribution in [2.45, 2.75) is 58.6 Å². The average molecular weight is 314 g/mol. The highest BCUT2D eigenvalue weighted by Gasteiger charge is 2.19. The number of aryl methyl sites for hydroxylation is 1. The van der Waals surface area contributed by atoms with E-state index in [0.29, 0.717) is 6.42 Å². The monoisotopic (exact) mass is 314 g/mol. The fourth-order valence-electron chi connectivity index (χ4n) is 3.20. The van der Waals surface area contributed by atoms with Crippen molar-refractivity contribution in [3.63, 3.8) is 0 Å². The lowest BCUT2D eigenvalue weighted by Gasteiger charge is -2.24. The van der Waals surface area contributed by atoms with E-state index in [9.17, 15) is 4.79 Å². The number of rotatable bonds is 7. The Labute approximate surface area is 137 Å². The molecule has 1 heterocycles. The van der Waals surface area contributed by atoms with Gasteiger partial charge in [-0.25, -0.2) is 0 Å². The number of benzene rings is 1. The van der Waals surface area contributed by atoms with Gasteiger partial charge in [0.2, 0.25) is 0 Å². The maximum atomic E-state index is 12.5. The maximum Gasteiger partial charge on any atom is 0.163 e. The number of carbonyl (C=O) groups excluding carboxylic acids is 1. The van der Waals surface area contributed by atoms with E-state index in [-0.39, 0.29) is 11.9 Å². The Bertz CT molecular complexity index is 701. The molecule has 1 aromatic carbocycles. The van der Waals surface area contributed by atoms with Gasteiger partial charge in [0.25, 0.3) is 0 Å². The number of nitrogens with zero attached hydrogens (tertiary/aromatic N) is 2. The third kappa shape index (κ3) is 3.47. The second-order valence-corrected chi connectivity index (χ2v) is 6.83. The van der Waals surface area contributed by atoms with Crippen molar-refractivity contribution in [3.05, 3.63) is 29.5 Å². The van der Waals surface area contributed by atoms with Crippen LogP contribution >= 0.6 is 0 Å². The SMILES string of the molecule is COC(C)CCC(=O)c1ccc2nn(CC3CCC3)cc2c1C. The van der Waals surface area contributed by atoms with Gasteiger partial charge in [-0.2, -0.15) is 5.10 Å². The Kier molecular flexibility index (Phi) is 4.81. The van der Waals surface area contributed by atoms with Gasteiger partial charge in [0, 0.05) is 37.2 Å². The van der Waals surface area contributed by atoms with Crippen LogP contribution in [0.3, 0.4) is 0 Å². The maximum absolute atomic E-state index is 12.5. The minimum atomic E-state index is 0.119. The molecule has 2 aromatic rings. The van der Waals surface area contributed by atoms with Gasteiger partial charge in [-0.15, -0.1) is 0 Å². The van der Waals surface area contributed by atoms with Crippen LogP contribution in [-0.4, -0.2) is 28.8 Å². The van der Waals surface area contributed by atoms with E-state index in [1.165, 1.54) is 19.3 Å². The van der Waals surface area contributed by atoms with Crippen LogP contribution in [0, 0.1) is 12.8 Å². The van der Waals surface area contributed by atoms with Crippen LogP contribution in [-0.2, 0) is 11.3 Å². The Morgan fingerprint density at radius 1 is 1.43 bits per heavy atom. The number of carbonyl (C=O) groups is 1. The predicted octanol–water partition coefficient (Wildman–Crippen LogP) is 4.14. The molecule has 3 rings (SSSR count). The summed E-state index contributed by atoms with van der Waals surface area (Å²) in [4.78, 5) is 12.5. The van der Waals surface area contributed by atoms with Gasteiger partial charge in [0.1, 0.15) is 0 Å². The lowest BCUT2D eigenvalue weighted by molar-refractivity contribution is 0.0877. The highest BCUT2D eigenvalue weighted by atomic mass is 16.5. The molecule has 0 radical (unpaired) electrons. The molecule has 1 saturated carbocycles. The molecule has 4 heteroatoms. The highest BCUT2D eigenvalue weighted by molar-refractivity contribution is 6.01. The first-order chi connectivity index (χ1) is 11.1. The molecule has 1 aliphatic rings. The lowest BCUT2D eigenvalue weighted by Crippen LogP contribution is -2.18. The van der Waals surface area contributed by atoms with Gasteiger partial charge in [-0.05, 0) is 56.7 Å². The molecular formula is C19H26N2O2. The van der Waals surface area contributed by atoms with Gasteiger partial charge in [0.15, 0.2) is 5.78 Å². The van der Waals surface area contributed by atoms with E-state index in [0.717, 1.165) is 40.9 Å². The fourth-order valence-corrected chi connectivity index (χ4v) is 3.20. The Morgan fingerprint density at radius 3 is 2.87 bits per heavy atom. The number of aromatic nitrogens is 2. The summed E-state index contributed by atoms with van der Waals surface area (Å²) in [7, 11) is 1.68. The van der Waals surface area contributed by atoms with Gasteiger partial charge in [-0.1, -0.05) is 6.42 Å². The number of fused-ring (bicyclic) bond motifs is 1. The van der Waals surface area contributed by atoms with Crippen LogP contribution in [0.25, 0.3) is 10.9 Å². The van der Waals surface area contributed by atoms with Crippen molar-refractivity contribution < 1.29 is 9.53 Å². The largest absolute Gasteiger partial charge is 0.382 e. The summed E-state index contributed by atoms with van der Waals surface area (Å²) in [5.74, 6) is 0.973. The normalized spacial score (nSPS) is 16.5. The molecule has 124 valence electrons. The van der Waals surface area contributed by atoms with E-state index in [1.807, 2.05) is 26.0 Å². The molecule has 0 spiro atoms. The number of Topliss-reactive ketones (excluding diaryl/α,β-unsaturated/α-hetero) is 1.